The molecule has 21 heavy (non-hydrogen) atoms. The van der Waals surface area contributed by atoms with Crippen molar-refractivity contribution >= 4 is 0 Å². The molecule has 0 aromatic heterocycles. The summed E-state index contributed by atoms with van der Waals surface area (Å²) in [5.41, 5.74) is 0. The van der Waals surface area contributed by atoms with Crippen molar-refractivity contribution in [3.05, 3.63) is 0 Å². The Balaban J connectivity index is 0. The van der Waals surface area contributed by atoms with Crippen molar-refractivity contribution in [2.75, 3.05) is 39.3 Å². The summed E-state index contributed by atoms with van der Waals surface area (Å²) in [6.07, 6.45) is 3.63. The molecule has 0 fully saturated rings. The van der Waals surface area contributed by atoms with E-state index >= 15 is 0 Å². The lowest BCUT2D eigenvalue weighted by molar-refractivity contribution is 0.486. The summed E-state index contributed by atoms with van der Waals surface area (Å²) < 4.78 is 0. The second-order valence-electron chi connectivity index (χ2n) is 5.35. The van der Waals surface area contributed by atoms with Gasteiger partial charge in [-0.1, -0.05) is 27.7 Å². The molecule has 0 aliphatic carbocycles. The Morgan fingerprint density at radius 1 is 0.667 bits per heavy atom. The minimum Gasteiger partial charge on any atom is -0.317 e. The molecule has 130 valence electrons. The van der Waals surface area contributed by atoms with E-state index in [-0.39, 0.29) is 0 Å². The van der Waals surface area contributed by atoms with E-state index in [1.165, 1.54) is 19.3 Å². The van der Waals surface area contributed by atoms with Gasteiger partial charge in [0.15, 0.2) is 0 Å². The highest BCUT2D eigenvalue weighted by molar-refractivity contribution is 4.63. The first-order valence-corrected chi connectivity index (χ1v) is 9.08. The highest BCUT2D eigenvalue weighted by atomic mass is 14.9. The Morgan fingerprint density at radius 3 is 1.38 bits per heavy atom. The molecule has 4 heteroatoms. The fourth-order valence-corrected chi connectivity index (χ4v) is 2.13. The molecule has 0 aliphatic rings. The SMILES string of the molecule is CC.CCNC(C)CCNCCCNCCC(C)NCC. The molecule has 0 heterocycles. The molecule has 2 atom stereocenters. The minimum atomic E-state index is 0.628. The third-order valence-corrected chi connectivity index (χ3v) is 3.32. The van der Waals surface area contributed by atoms with E-state index in [2.05, 4.69) is 49.0 Å². The van der Waals surface area contributed by atoms with Crippen LogP contribution in [0.5, 0.6) is 0 Å². The maximum absolute atomic E-state index is 3.50. The maximum atomic E-state index is 3.50. The molecule has 0 bridgehead atoms. The zero-order valence-electron chi connectivity index (χ0n) is 15.5. The van der Waals surface area contributed by atoms with Crippen LogP contribution in [-0.4, -0.2) is 51.4 Å². The molecule has 0 rings (SSSR count). The summed E-state index contributed by atoms with van der Waals surface area (Å²) >= 11 is 0. The van der Waals surface area contributed by atoms with Gasteiger partial charge in [-0.3, -0.25) is 0 Å². The Morgan fingerprint density at radius 2 is 1.05 bits per heavy atom. The van der Waals surface area contributed by atoms with Crippen LogP contribution in [0.4, 0.5) is 0 Å². The van der Waals surface area contributed by atoms with Crippen molar-refractivity contribution in [2.45, 2.75) is 72.9 Å². The van der Waals surface area contributed by atoms with Gasteiger partial charge in [-0.05, 0) is 72.4 Å². The minimum absolute atomic E-state index is 0.628. The molecular weight excluding hydrogens is 260 g/mol. The summed E-state index contributed by atoms with van der Waals surface area (Å²) in [5.74, 6) is 0. The van der Waals surface area contributed by atoms with Gasteiger partial charge in [0.05, 0.1) is 0 Å². The van der Waals surface area contributed by atoms with Gasteiger partial charge in [0, 0.05) is 12.1 Å². The molecular formula is C17H42N4. The van der Waals surface area contributed by atoms with Gasteiger partial charge in [0.1, 0.15) is 0 Å². The van der Waals surface area contributed by atoms with Crippen LogP contribution in [0.2, 0.25) is 0 Å². The highest BCUT2D eigenvalue weighted by Crippen LogP contribution is 1.89. The van der Waals surface area contributed by atoms with E-state index in [0.717, 1.165) is 39.3 Å². The lowest BCUT2D eigenvalue weighted by Crippen LogP contribution is -2.32. The van der Waals surface area contributed by atoms with Gasteiger partial charge in [-0.2, -0.15) is 0 Å². The smallest absolute Gasteiger partial charge is 0.00506 e. The molecule has 0 saturated carbocycles. The average Bonchev–Trinajstić information content (AvgIpc) is 2.48. The molecule has 0 aliphatic heterocycles. The van der Waals surface area contributed by atoms with Crippen LogP contribution in [0.25, 0.3) is 0 Å². The molecule has 0 aromatic carbocycles. The predicted octanol–water partition coefficient (Wildman–Crippen LogP) is 2.36. The van der Waals surface area contributed by atoms with Crippen molar-refractivity contribution in [3.63, 3.8) is 0 Å². The van der Waals surface area contributed by atoms with Crippen LogP contribution in [0.1, 0.15) is 60.8 Å². The number of hydrogen-bond acceptors (Lipinski definition) is 4. The zero-order chi connectivity index (χ0) is 16.3. The van der Waals surface area contributed by atoms with E-state index in [1.807, 2.05) is 13.8 Å². The highest BCUT2D eigenvalue weighted by Gasteiger charge is 1.99. The Labute approximate surface area is 134 Å². The van der Waals surface area contributed by atoms with Crippen molar-refractivity contribution in [2.24, 2.45) is 0 Å². The van der Waals surface area contributed by atoms with Crippen molar-refractivity contribution in [1.29, 1.82) is 0 Å². The van der Waals surface area contributed by atoms with Crippen LogP contribution >= 0.6 is 0 Å². The first kappa shape index (κ1) is 23.1. The quantitative estimate of drug-likeness (QED) is 0.372. The molecule has 0 amide bonds. The molecule has 2 unspecified atom stereocenters. The van der Waals surface area contributed by atoms with Crippen LogP contribution in [0.15, 0.2) is 0 Å². The summed E-state index contributed by atoms with van der Waals surface area (Å²) in [7, 11) is 0. The topological polar surface area (TPSA) is 48.1 Å². The average molecular weight is 303 g/mol. The van der Waals surface area contributed by atoms with Crippen molar-refractivity contribution < 1.29 is 0 Å². The molecule has 0 saturated heterocycles. The van der Waals surface area contributed by atoms with Gasteiger partial charge in [-0.25, -0.2) is 0 Å². The first-order valence-electron chi connectivity index (χ1n) is 9.08. The van der Waals surface area contributed by atoms with Gasteiger partial charge >= 0.3 is 0 Å². The van der Waals surface area contributed by atoms with Crippen molar-refractivity contribution in [3.8, 4) is 0 Å². The van der Waals surface area contributed by atoms with Crippen LogP contribution in [0, 0.1) is 0 Å². The second-order valence-corrected chi connectivity index (χ2v) is 5.35. The number of rotatable bonds is 14. The fraction of sp³-hybridized carbons (Fsp3) is 1.00. The second kappa shape index (κ2) is 19.8. The lowest BCUT2D eigenvalue weighted by atomic mass is 10.2. The first-order chi connectivity index (χ1) is 10.2. The summed E-state index contributed by atoms with van der Waals surface area (Å²) in [4.78, 5) is 0. The maximum Gasteiger partial charge on any atom is 0.00506 e. The standard InChI is InChI=1S/C15H36N4.C2H6/c1-5-18-14(3)8-12-16-10-7-11-17-13-9-15(4)19-6-2;1-2/h14-19H,5-13H2,1-4H3;1-2H3. The van der Waals surface area contributed by atoms with Gasteiger partial charge in [0.25, 0.3) is 0 Å². The predicted molar refractivity (Wildman–Crippen MR) is 97.2 cm³/mol. The number of hydrogen-bond donors (Lipinski definition) is 4. The Hall–Kier alpha value is -0.160. The van der Waals surface area contributed by atoms with Crippen LogP contribution in [0.3, 0.4) is 0 Å². The van der Waals surface area contributed by atoms with Gasteiger partial charge in [-0.15, -0.1) is 0 Å². The van der Waals surface area contributed by atoms with E-state index in [0.29, 0.717) is 12.1 Å². The van der Waals surface area contributed by atoms with Gasteiger partial charge in [0.2, 0.25) is 0 Å². The summed E-state index contributed by atoms with van der Waals surface area (Å²) in [6, 6.07) is 1.26. The van der Waals surface area contributed by atoms with E-state index in [1.54, 1.807) is 0 Å². The van der Waals surface area contributed by atoms with Gasteiger partial charge < -0.3 is 21.3 Å². The summed E-state index contributed by atoms with van der Waals surface area (Å²) in [6.45, 7) is 19.4. The molecule has 0 radical (unpaired) electrons. The van der Waals surface area contributed by atoms with E-state index in [4.69, 9.17) is 0 Å². The molecule has 4 N–H and O–H groups in total. The third-order valence-electron chi connectivity index (χ3n) is 3.32. The zero-order valence-corrected chi connectivity index (χ0v) is 15.5. The lowest BCUT2D eigenvalue weighted by Gasteiger charge is -2.13. The normalized spacial score (nSPS) is 13.4. The summed E-state index contributed by atoms with van der Waals surface area (Å²) in [5, 5.41) is 13.9. The van der Waals surface area contributed by atoms with Crippen molar-refractivity contribution in [1.82, 2.24) is 21.3 Å². The Kier molecular flexibility index (Phi) is 21.8. The van der Waals surface area contributed by atoms with Crippen LogP contribution < -0.4 is 21.3 Å². The van der Waals surface area contributed by atoms with Crippen LogP contribution in [-0.2, 0) is 0 Å². The van der Waals surface area contributed by atoms with E-state index < -0.39 is 0 Å². The fourth-order valence-electron chi connectivity index (χ4n) is 2.13. The third kappa shape index (κ3) is 19.8. The monoisotopic (exact) mass is 302 g/mol. The number of nitrogens with one attached hydrogen (secondary N) is 4. The molecule has 0 aromatic rings. The largest absolute Gasteiger partial charge is 0.317 e. The molecule has 4 nitrogen and oxygen atoms in total. The molecule has 0 spiro atoms. The Bertz CT molecular complexity index is 158. The van der Waals surface area contributed by atoms with E-state index in [9.17, 15) is 0 Å².